The topological polar surface area (TPSA) is 110 Å². The number of aromatic carboxylic acids is 1. The molecular weight excluding hydrogens is 406 g/mol. The number of allylic oxidation sites excluding steroid dienone is 2. The van der Waals surface area contributed by atoms with Crippen LogP contribution in [0, 0.1) is 20.8 Å². The molecule has 3 heterocycles. The number of aromatic nitrogens is 4. The summed E-state index contributed by atoms with van der Waals surface area (Å²) in [5.74, 6) is 0.0500. The van der Waals surface area contributed by atoms with Gasteiger partial charge in [0.15, 0.2) is 5.78 Å². The fraction of sp³-hybridized carbons (Fsp3) is 0.292. The molecule has 1 aliphatic carbocycles. The van der Waals surface area contributed by atoms with Crippen molar-refractivity contribution in [1.82, 2.24) is 19.7 Å². The molecule has 1 atom stereocenters. The van der Waals surface area contributed by atoms with E-state index in [1.807, 2.05) is 26.8 Å². The number of carboxylic acids is 1. The Hall–Kier alpha value is -3.81. The summed E-state index contributed by atoms with van der Waals surface area (Å²) >= 11 is 0. The van der Waals surface area contributed by atoms with Gasteiger partial charge in [-0.25, -0.2) is 14.8 Å². The van der Waals surface area contributed by atoms with Gasteiger partial charge in [0.2, 0.25) is 0 Å². The monoisotopic (exact) mass is 429 g/mol. The first-order chi connectivity index (χ1) is 15.3. The minimum atomic E-state index is -0.979. The molecule has 3 aromatic rings. The van der Waals surface area contributed by atoms with Crippen LogP contribution in [0.15, 0.2) is 41.6 Å². The molecule has 1 aliphatic heterocycles. The van der Waals surface area contributed by atoms with E-state index in [0.717, 1.165) is 58.1 Å². The zero-order chi connectivity index (χ0) is 22.6. The van der Waals surface area contributed by atoms with Gasteiger partial charge in [0.05, 0.1) is 11.3 Å². The highest BCUT2D eigenvalue weighted by molar-refractivity contribution is 6.01. The van der Waals surface area contributed by atoms with Gasteiger partial charge in [-0.2, -0.15) is 9.78 Å². The van der Waals surface area contributed by atoms with Gasteiger partial charge in [-0.1, -0.05) is 12.1 Å². The number of carbonyl (C=O) groups is 2. The number of aryl methyl sites for hydroxylation is 3. The highest BCUT2D eigenvalue weighted by atomic mass is 16.4. The number of Topliss-reactive ketones (excluding diaryl/α,β-unsaturated/α-hetero) is 1. The van der Waals surface area contributed by atoms with E-state index in [-0.39, 0.29) is 17.3 Å². The van der Waals surface area contributed by atoms with Crippen molar-refractivity contribution in [2.45, 2.75) is 46.0 Å². The van der Waals surface area contributed by atoms with Gasteiger partial charge >= 0.3 is 5.97 Å². The minimum Gasteiger partial charge on any atom is -0.478 e. The van der Waals surface area contributed by atoms with Crippen LogP contribution >= 0.6 is 0 Å². The number of fused-ring (bicyclic) bond motifs is 1. The minimum absolute atomic E-state index is 0.117. The predicted octanol–water partition coefficient (Wildman–Crippen LogP) is 3.85. The van der Waals surface area contributed by atoms with Crippen LogP contribution in [0.5, 0.6) is 0 Å². The molecule has 0 amide bonds. The highest BCUT2D eigenvalue weighted by Crippen LogP contribution is 2.47. The second-order valence-corrected chi connectivity index (χ2v) is 8.36. The smallest absolute Gasteiger partial charge is 0.335 e. The summed E-state index contributed by atoms with van der Waals surface area (Å²) < 4.78 is 1.71. The van der Waals surface area contributed by atoms with E-state index in [0.29, 0.717) is 12.4 Å². The Morgan fingerprint density at radius 1 is 1.09 bits per heavy atom. The summed E-state index contributed by atoms with van der Waals surface area (Å²) in [5, 5.41) is 17.5. The van der Waals surface area contributed by atoms with E-state index in [2.05, 4.69) is 15.3 Å². The molecule has 8 heteroatoms. The lowest BCUT2D eigenvalue weighted by Gasteiger charge is -2.32. The maximum absolute atomic E-state index is 13.0. The fourth-order valence-corrected chi connectivity index (χ4v) is 4.72. The number of nitrogens with one attached hydrogen (secondary N) is 1. The predicted molar refractivity (Wildman–Crippen MR) is 118 cm³/mol. The standard InChI is InChI=1S/C24H23N5O3/c1-12-11-13(2)26-24(25-12)29-22-19(14(3)28-29)20(15-7-9-16(10-8-15)23(31)32)21-17(27-22)5-4-6-18(21)30/h7-11,20,27H,4-6H2,1-3H3,(H,31,32). The number of ketones is 1. The number of carboxylic acid groups (broad SMARTS) is 1. The van der Waals surface area contributed by atoms with Gasteiger partial charge in [0.1, 0.15) is 5.82 Å². The molecule has 0 bridgehead atoms. The molecule has 1 aromatic carbocycles. The van der Waals surface area contributed by atoms with E-state index in [1.54, 1.807) is 28.9 Å². The zero-order valence-corrected chi connectivity index (χ0v) is 18.1. The molecule has 0 saturated heterocycles. The van der Waals surface area contributed by atoms with E-state index in [4.69, 9.17) is 5.10 Å². The highest BCUT2D eigenvalue weighted by Gasteiger charge is 2.39. The van der Waals surface area contributed by atoms with Gasteiger partial charge in [-0.3, -0.25) is 4.79 Å². The van der Waals surface area contributed by atoms with Crippen molar-refractivity contribution in [3.05, 3.63) is 75.4 Å². The van der Waals surface area contributed by atoms with Crippen molar-refractivity contribution in [2.24, 2.45) is 0 Å². The lowest BCUT2D eigenvalue weighted by Crippen LogP contribution is -2.27. The molecule has 2 aliphatic rings. The number of benzene rings is 1. The third kappa shape index (κ3) is 3.19. The van der Waals surface area contributed by atoms with Gasteiger partial charge in [0, 0.05) is 40.6 Å². The van der Waals surface area contributed by atoms with Crippen molar-refractivity contribution in [1.29, 1.82) is 0 Å². The third-order valence-corrected chi connectivity index (χ3v) is 6.06. The number of nitrogens with zero attached hydrogens (tertiary/aromatic N) is 4. The fourth-order valence-electron chi connectivity index (χ4n) is 4.72. The average Bonchev–Trinajstić information content (AvgIpc) is 3.08. The molecule has 162 valence electrons. The van der Waals surface area contributed by atoms with Crippen molar-refractivity contribution >= 4 is 17.6 Å². The van der Waals surface area contributed by atoms with E-state index in [1.165, 1.54) is 0 Å². The molecular formula is C24H23N5O3. The lowest BCUT2D eigenvalue weighted by atomic mass is 9.76. The van der Waals surface area contributed by atoms with Gasteiger partial charge < -0.3 is 10.4 Å². The molecule has 1 unspecified atom stereocenters. The van der Waals surface area contributed by atoms with Crippen molar-refractivity contribution in [3.63, 3.8) is 0 Å². The first-order valence-electron chi connectivity index (χ1n) is 10.6. The second kappa shape index (κ2) is 7.40. The van der Waals surface area contributed by atoms with Crippen LogP contribution in [0.2, 0.25) is 0 Å². The largest absolute Gasteiger partial charge is 0.478 e. The normalized spacial score (nSPS) is 17.6. The molecule has 0 fully saturated rings. The Balaban J connectivity index is 1.73. The Morgan fingerprint density at radius 3 is 2.44 bits per heavy atom. The summed E-state index contributed by atoms with van der Waals surface area (Å²) in [4.78, 5) is 33.5. The Bertz CT molecular complexity index is 1280. The van der Waals surface area contributed by atoms with Crippen LogP contribution in [0.3, 0.4) is 0 Å². The Labute approximate surface area is 185 Å². The van der Waals surface area contributed by atoms with E-state index in [9.17, 15) is 14.7 Å². The van der Waals surface area contributed by atoms with E-state index < -0.39 is 5.97 Å². The van der Waals surface area contributed by atoms with Crippen LogP contribution < -0.4 is 5.32 Å². The summed E-state index contributed by atoms with van der Waals surface area (Å²) in [6.45, 7) is 5.75. The first-order valence-corrected chi connectivity index (χ1v) is 10.6. The van der Waals surface area contributed by atoms with Crippen LogP contribution in [0.1, 0.15) is 63.7 Å². The molecule has 32 heavy (non-hydrogen) atoms. The number of rotatable bonds is 3. The van der Waals surface area contributed by atoms with Crippen LogP contribution in [-0.4, -0.2) is 36.6 Å². The maximum atomic E-state index is 13.0. The SMILES string of the molecule is Cc1cc(C)nc(-n2nc(C)c3c2NC2=C(C(=O)CCC2)C3c2ccc(C(=O)O)cc2)n1. The molecule has 5 rings (SSSR count). The maximum Gasteiger partial charge on any atom is 0.335 e. The molecule has 0 radical (unpaired) electrons. The van der Waals surface area contributed by atoms with Crippen molar-refractivity contribution in [2.75, 3.05) is 5.32 Å². The third-order valence-electron chi connectivity index (χ3n) is 6.06. The van der Waals surface area contributed by atoms with Crippen LogP contribution in [-0.2, 0) is 4.79 Å². The van der Waals surface area contributed by atoms with Gasteiger partial charge in [-0.05, 0) is 57.4 Å². The van der Waals surface area contributed by atoms with Crippen LogP contribution in [0.25, 0.3) is 5.95 Å². The van der Waals surface area contributed by atoms with Gasteiger partial charge in [0.25, 0.3) is 5.95 Å². The van der Waals surface area contributed by atoms with Crippen molar-refractivity contribution < 1.29 is 14.7 Å². The van der Waals surface area contributed by atoms with Crippen molar-refractivity contribution in [3.8, 4) is 5.95 Å². The van der Waals surface area contributed by atoms with Gasteiger partial charge in [-0.15, -0.1) is 0 Å². The number of hydrogen-bond donors (Lipinski definition) is 2. The number of carbonyl (C=O) groups excluding carboxylic acids is 1. The number of hydrogen-bond acceptors (Lipinski definition) is 6. The first kappa shape index (κ1) is 20.1. The molecule has 2 N–H and O–H groups in total. The summed E-state index contributed by atoms with van der Waals surface area (Å²) in [6.07, 6.45) is 2.06. The Morgan fingerprint density at radius 2 is 1.78 bits per heavy atom. The van der Waals surface area contributed by atoms with Crippen LogP contribution in [0.4, 0.5) is 5.82 Å². The second-order valence-electron chi connectivity index (χ2n) is 8.36. The lowest BCUT2D eigenvalue weighted by molar-refractivity contribution is -0.116. The molecule has 0 spiro atoms. The summed E-state index contributed by atoms with van der Waals surface area (Å²) in [7, 11) is 0. The summed E-state index contributed by atoms with van der Waals surface area (Å²) in [6, 6.07) is 8.66. The molecule has 2 aromatic heterocycles. The average molecular weight is 429 g/mol. The zero-order valence-electron chi connectivity index (χ0n) is 18.1. The molecule has 8 nitrogen and oxygen atoms in total. The Kier molecular flexibility index (Phi) is 4.65. The summed E-state index contributed by atoms with van der Waals surface area (Å²) in [5.41, 5.74) is 6.07. The van der Waals surface area contributed by atoms with E-state index >= 15 is 0 Å². The number of anilines is 1. The quantitative estimate of drug-likeness (QED) is 0.651. The molecule has 0 saturated carbocycles.